The third-order valence-electron chi connectivity index (χ3n) is 4.16. The van der Waals surface area contributed by atoms with Gasteiger partial charge in [0, 0.05) is 12.0 Å². The molecule has 0 aromatic heterocycles. The number of rotatable bonds is 3. The predicted molar refractivity (Wildman–Crippen MR) is 69.1 cm³/mol. The molecule has 3 heteroatoms. The molecule has 3 rings (SSSR count). The first-order valence-electron chi connectivity index (χ1n) is 6.79. The Labute approximate surface area is 107 Å². The average Bonchev–Trinajstić information content (AvgIpc) is 3.01. The molecule has 0 spiro atoms. The normalized spacial score (nSPS) is 34.3. The Morgan fingerprint density at radius 1 is 1.22 bits per heavy atom. The van der Waals surface area contributed by atoms with Crippen molar-refractivity contribution >= 4 is 5.91 Å². The number of aliphatic hydroxyl groups excluding tert-OH is 1. The number of amides is 1. The van der Waals surface area contributed by atoms with Crippen LogP contribution < -0.4 is 5.32 Å². The molecule has 2 aliphatic rings. The van der Waals surface area contributed by atoms with Crippen LogP contribution in [-0.4, -0.2) is 23.2 Å². The van der Waals surface area contributed by atoms with E-state index >= 15 is 0 Å². The van der Waals surface area contributed by atoms with Crippen molar-refractivity contribution in [1.29, 1.82) is 0 Å². The lowest BCUT2D eigenvalue weighted by atomic mass is 10.1. The highest BCUT2D eigenvalue weighted by Gasteiger charge is 2.41. The minimum absolute atomic E-state index is 0.0448. The number of benzene rings is 1. The van der Waals surface area contributed by atoms with Crippen molar-refractivity contribution in [3.05, 3.63) is 35.9 Å². The minimum Gasteiger partial charge on any atom is -0.392 e. The number of carbonyl (C=O) groups is 1. The number of carbonyl (C=O) groups excluding carboxylic acids is 1. The summed E-state index contributed by atoms with van der Waals surface area (Å²) in [5, 5.41) is 12.8. The number of hydrogen-bond acceptors (Lipinski definition) is 2. The summed E-state index contributed by atoms with van der Waals surface area (Å²) in [6.07, 6.45) is 3.16. The van der Waals surface area contributed by atoms with Gasteiger partial charge in [-0.25, -0.2) is 0 Å². The van der Waals surface area contributed by atoms with Crippen LogP contribution in [0.1, 0.15) is 37.2 Å². The number of hydrogen-bond donors (Lipinski definition) is 2. The lowest BCUT2D eigenvalue weighted by molar-refractivity contribution is -0.127. The largest absolute Gasteiger partial charge is 0.392 e. The summed E-state index contributed by atoms with van der Waals surface area (Å²) >= 11 is 0. The Balaban J connectivity index is 1.55. The molecule has 4 unspecified atom stereocenters. The standard InChI is InChI=1S/C15H19NO2/c17-14-8-4-7-11(14)15(18)16-13-9-12(13)10-5-2-1-3-6-10/h1-3,5-6,11-14,17H,4,7-9H2,(H,16,18). The van der Waals surface area contributed by atoms with Gasteiger partial charge in [0.25, 0.3) is 0 Å². The van der Waals surface area contributed by atoms with E-state index < -0.39 is 6.10 Å². The molecule has 18 heavy (non-hydrogen) atoms. The van der Waals surface area contributed by atoms with Gasteiger partial charge in [-0.1, -0.05) is 30.3 Å². The maximum absolute atomic E-state index is 12.0. The molecule has 2 aliphatic carbocycles. The third-order valence-corrected chi connectivity index (χ3v) is 4.16. The van der Waals surface area contributed by atoms with E-state index in [2.05, 4.69) is 17.4 Å². The summed E-state index contributed by atoms with van der Waals surface area (Å²) in [6, 6.07) is 10.6. The number of aliphatic hydroxyl groups is 1. The van der Waals surface area contributed by atoms with Crippen molar-refractivity contribution in [2.75, 3.05) is 0 Å². The summed E-state index contributed by atoms with van der Waals surface area (Å²) in [5.74, 6) is 0.333. The Kier molecular flexibility index (Phi) is 3.08. The van der Waals surface area contributed by atoms with Crippen molar-refractivity contribution in [2.45, 2.75) is 43.7 Å². The molecule has 0 radical (unpaired) electrons. The van der Waals surface area contributed by atoms with E-state index in [9.17, 15) is 9.90 Å². The van der Waals surface area contributed by atoms with Crippen LogP contribution in [0.5, 0.6) is 0 Å². The summed E-state index contributed by atoms with van der Waals surface area (Å²) < 4.78 is 0. The van der Waals surface area contributed by atoms with Crippen LogP contribution in [0.4, 0.5) is 0 Å². The first kappa shape index (κ1) is 11.7. The van der Waals surface area contributed by atoms with E-state index in [4.69, 9.17) is 0 Å². The molecule has 96 valence electrons. The van der Waals surface area contributed by atoms with Gasteiger partial charge in [0.05, 0.1) is 12.0 Å². The molecule has 2 N–H and O–H groups in total. The first-order chi connectivity index (χ1) is 8.75. The number of nitrogens with one attached hydrogen (secondary N) is 1. The van der Waals surface area contributed by atoms with Gasteiger partial charge in [0.15, 0.2) is 0 Å². The molecule has 1 aromatic carbocycles. The minimum atomic E-state index is -0.432. The van der Waals surface area contributed by atoms with Crippen LogP contribution in [0.3, 0.4) is 0 Å². The molecular weight excluding hydrogens is 226 g/mol. The van der Waals surface area contributed by atoms with Gasteiger partial charge in [-0.15, -0.1) is 0 Å². The fourth-order valence-corrected chi connectivity index (χ4v) is 2.96. The van der Waals surface area contributed by atoms with Gasteiger partial charge in [-0.2, -0.15) is 0 Å². The Morgan fingerprint density at radius 3 is 2.67 bits per heavy atom. The third kappa shape index (κ3) is 2.27. The van der Waals surface area contributed by atoms with Crippen LogP contribution in [0.15, 0.2) is 30.3 Å². The second kappa shape index (κ2) is 4.73. The first-order valence-corrected chi connectivity index (χ1v) is 6.79. The second-order valence-corrected chi connectivity index (χ2v) is 5.47. The maximum Gasteiger partial charge on any atom is 0.225 e. The van der Waals surface area contributed by atoms with Crippen LogP contribution in [0, 0.1) is 5.92 Å². The van der Waals surface area contributed by atoms with E-state index in [1.165, 1.54) is 5.56 Å². The van der Waals surface area contributed by atoms with E-state index in [0.717, 1.165) is 25.7 Å². The monoisotopic (exact) mass is 245 g/mol. The van der Waals surface area contributed by atoms with Crippen LogP contribution >= 0.6 is 0 Å². The quantitative estimate of drug-likeness (QED) is 0.853. The summed E-state index contributed by atoms with van der Waals surface area (Å²) in [5.41, 5.74) is 1.30. The fourth-order valence-electron chi connectivity index (χ4n) is 2.96. The molecule has 0 bridgehead atoms. The van der Waals surface area contributed by atoms with Crippen molar-refractivity contribution in [1.82, 2.24) is 5.32 Å². The molecule has 3 nitrogen and oxygen atoms in total. The molecule has 4 atom stereocenters. The van der Waals surface area contributed by atoms with Crippen LogP contribution in [0.25, 0.3) is 0 Å². The van der Waals surface area contributed by atoms with E-state index in [-0.39, 0.29) is 17.9 Å². The topological polar surface area (TPSA) is 49.3 Å². The summed E-state index contributed by atoms with van der Waals surface area (Å²) in [6.45, 7) is 0. The molecule has 0 saturated heterocycles. The predicted octanol–water partition coefficient (Wildman–Crippen LogP) is 1.82. The maximum atomic E-state index is 12.0. The Bertz CT molecular complexity index is 431. The lowest BCUT2D eigenvalue weighted by Crippen LogP contribution is -2.36. The molecule has 2 saturated carbocycles. The van der Waals surface area contributed by atoms with Gasteiger partial charge in [0.1, 0.15) is 0 Å². The molecule has 0 heterocycles. The molecule has 0 aliphatic heterocycles. The zero-order valence-corrected chi connectivity index (χ0v) is 10.4. The van der Waals surface area contributed by atoms with Gasteiger partial charge in [-0.05, 0) is 31.2 Å². The fraction of sp³-hybridized carbons (Fsp3) is 0.533. The Hall–Kier alpha value is -1.35. The van der Waals surface area contributed by atoms with Crippen LogP contribution in [0.2, 0.25) is 0 Å². The van der Waals surface area contributed by atoms with Gasteiger partial charge >= 0.3 is 0 Å². The van der Waals surface area contributed by atoms with Crippen molar-refractivity contribution < 1.29 is 9.90 Å². The summed E-state index contributed by atoms with van der Waals surface area (Å²) in [7, 11) is 0. The van der Waals surface area contributed by atoms with E-state index in [0.29, 0.717) is 5.92 Å². The van der Waals surface area contributed by atoms with Gasteiger partial charge in [0.2, 0.25) is 5.91 Å². The second-order valence-electron chi connectivity index (χ2n) is 5.47. The SMILES string of the molecule is O=C(NC1CC1c1ccccc1)C1CCCC1O. The average molecular weight is 245 g/mol. The molecule has 1 aromatic rings. The highest BCUT2D eigenvalue weighted by Crippen LogP contribution is 2.41. The van der Waals surface area contributed by atoms with Gasteiger partial charge < -0.3 is 10.4 Å². The lowest BCUT2D eigenvalue weighted by Gasteiger charge is -2.14. The molecular formula is C15H19NO2. The smallest absolute Gasteiger partial charge is 0.225 e. The highest BCUT2D eigenvalue weighted by atomic mass is 16.3. The van der Waals surface area contributed by atoms with Crippen molar-refractivity contribution in [2.24, 2.45) is 5.92 Å². The van der Waals surface area contributed by atoms with E-state index in [1.807, 2.05) is 18.2 Å². The molecule has 1 amide bonds. The Morgan fingerprint density at radius 2 is 2.00 bits per heavy atom. The van der Waals surface area contributed by atoms with Gasteiger partial charge in [-0.3, -0.25) is 4.79 Å². The summed E-state index contributed by atoms with van der Waals surface area (Å²) in [4.78, 5) is 12.0. The van der Waals surface area contributed by atoms with Crippen molar-refractivity contribution in [3.8, 4) is 0 Å². The highest BCUT2D eigenvalue weighted by molar-refractivity contribution is 5.80. The molecule has 2 fully saturated rings. The zero-order chi connectivity index (χ0) is 12.5. The van der Waals surface area contributed by atoms with Crippen molar-refractivity contribution in [3.63, 3.8) is 0 Å². The van der Waals surface area contributed by atoms with Crippen LogP contribution in [-0.2, 0) is 4.79 Å². The zero-order valence-electron chi connectivity index (χ0n) is 10.4. The van der Waals surface area contributed by atoms with E-state index in [1.54, 1.807) is 0 Å².